The number of hydrogen-bond acceptors (Lipinski definition) is 3. The average Bonchev–Trinajstić information content (AvgIpc) is 2.36. The van der Waals surface area contributed by atoms with Crippen LogP contribution in [0.15, 0.2) is 36.4 Å². The van der Waals surface area contributed by atoms with Crippen molar-refractivity contribution < 1.29 is 14.6 Å². The van der Waals surface area contributed by atoms with Crippen molar-refractivity contribution in [3.05, 3.63) is 42.0 Å². The van der Waals surface area contributed by atoms with E-state index in [-0.39, 0.29) is 11.7 Å². The minimum Gasteiger partial charge on any atom is -0.508 e. The number of rotatable bonds is 4. The minimum atomic E-state index is -0.164. The molecule has 0 radical (unpaired) electrons. The van der Waals surface area contributed by atoms with Crippen LogP contribution < -0.4 is 0 Å². The lowest BCUT2D eigenvalue weighted by Gasteiger charge is -2.04. The molecule has 0 saturated carbocycles. The zero-order chi connectivity index (χ0) is 13.0. The van der Waals surface area contributed by atoms with Crippen molar-refractivity contribution in [1.82, 2.24) is 0 Å². The third-order valence-electron chi connectivity index (χ3n) is 2.81. The highest BCUT2D eigenvalue weighted by Crippen LogP contribution is 2.21. The van der Waals surface area contributed by atoms with Gasteiger partial charge in [0.05, 0.1) is 6.61 Å². The van der Waals surface area contributed by atoms with E-state index >= 15 is 0 Å². The Morgan fingerprint density at radius 1 is 1.17 bits per heavy atom. The quantitative estimate of drug-likeness (QED) is 0.841. The molecule has 2 aromatic rings. The lowest BCUT2D eigenvalue weighted by Crippen LogP contribution is -2.05. The highest BCUT2D eigenvalue weighted by molar-refractivity contribution is 5.84. The van der Waals surface area contributed by atoms with Gasteiger partial charge in [-0.3, -0.25) is 4.79 Å². The summed E-state index contributed by atoms with van der Waals surface area (Å²) in [5.74, 6) is 0.102. The SMILES string of the molecule is CCOC(=O)CCc1ccc2cc(O)ccc2c1. The number of aromatic hydroxyl groups is 1. The Hall–Kier alpha value is -2.03. The summed E-state index contributed by atoms with van der Waals surface area (Å²) in [5.41, 5.74) is 1.10. The maximum Gasteiger partial charge on any atom is 0.306 e. The van der Waals surface area contributed by atoms with Crippen molar-refractivity contribution in [2.75, 3.05) is 6.61 Å². The molecule has 3 heteroatoms. The Bertz CT molecular complexity index is 561. The molecule has 2 rings (SSSR count). The lowest BCUT2D eigenvalue weighted by atomic mass is 10.0. The molecule has 0 amide bonds. The summed E-state index contributed by atoms with van der Waals surface area (Å²) in [4.78, 5) is 11.3. The van der Waals surface area contributed by atoms with Gasteiger partial charge in [-0.1, -0.05) is 24.3 Å². The van der Waals surface area contributed by atoms with E-state index in [9.17, 15) is 9.90 Å². The fourth-order valence-corrected chi connectivity index (χ4v) is 1.92. The Labute approximate surface area is 106 Å². The van der Waals surface area contributed by atoms with E-state index in [0.717, 1.165) is 16.3 Å². The fourth-order valence-electron chi connectivity index (χ4n) is 1.92. The van der Waals surface area contributed by atoms with Gasteiger partial charge in [0, 0.05) is 6.42 Å². The van der Waals surface area contributed by atoms with Gasteiger partial charge in [-0.05, 0) is 41.8 Å². The number of ether oxygens (including phenoxy) is 1. The van der Waals surface area contributed by atoms with Gasteiger partial charge < -0.3 is 9.84 Å². The summed E-state index contributed by atoms with van der Waals surface area (Å²) in [6.45, 7) is 2.23. The molecular formula is C15H16O3. The van der Waals surface area contributed by atoms with Crippen molar-refractivity contribution in [1.29, 1.82) is 0 Å². The van der Waals surface area contributed by atoms with Gasteiger partial charge in [-0.15, -0.1) is 0 Å². The van der Waals surface area contributed by atoms with Crippen molar-refractivity contribution >= 4 is 16.7 Å². The zero-order valence-electron chi connectivity index (χ0n) is 10.3. The molecule has 0 aliphatic carbocycles. The minimum absolute atomic E-state index is 0.164. The second kappa shape index (κ2) is 5.54. The van der Waals surface area contributed by atoms with Crippen molar-refractivity contribution in [2.45, 2.75) is 19.8 Å². The Morgan fingerprint density at radius 2 is 1.89 bits per heavy atom. The number of fused-ring (bicyclic) bond motifs is 1. The summed E-state index contributed by atoms with van der Waals surface area (Å²) >= 11 is 0. The number of carbonyl (C=O) groups is 1. The summed E-state index contributed by atoms with van der Waals surface area (Å²) in [6.07, 6.45) is 1.08. The number of phenolic OH excluding ortho intramolecular Hbond substituents is 1. The van der Waals surface area contributed by atoms with E-state index < -0.39 is 0 Å². The van der Waals surface area contributed by atoms with Gasteiger partial charge in [0.2, 0.25) is 0 Å². The molecule has 0 aromatic heterocycles. The molecule has 1 N–H and O–H groups in total. The first-order chi connectivity index (χ1) is 8.69. The van der Waals surface area contributed by atoms with Crippen LogP contribution in [0.4, 0.5) is 0 Å². The molecule has 94 valence electrons. The second-order valence-corrected chi connectivity index (χ2v) is 4.17. The van der Waals surface area contributed by atoms with Crippen LogP contribution in [-0.4, -0.2) is 17.7 Å². The first-order valence-electron chi connectivity index (χ1n) is 6.06. The maximum absolute atomic E-state index is 11.3. The molecule has 0 heterocycles. The molecule has 0 saturated heterocycles. The first kappa shape index (κ1) is 12.4. The molecular weight excluding hydrogens is 228 g/mol. The third kappa shape index (κ3) is 3.00. The topological polar surface area (TPSA) is 46.5 Å². The molecule has 0 aliphatic heterocycles. The largest absolute Gasteiger partial charge is 0.508 e. The average molecular weight is 244 g/mol. The summed E-state index contributed by atoms with van der Waals surface area (Å²) in [7, 11) is 0. The number of benzene rings is 2. The standard InChI is InChI=1S/C15H16O3/c1-2-18-15(17)8-4-11-3-5-13-10-14(16)7-6-12(13)9-11/h3,5-7,9-10,16H,2,4,8H2,1H3. The summed E-state index contributed by atoms with van der Waals surface area (Å²) < 4.78 is 4.89. The van der Waals surface area contributed by atoms with Crippen molar-refractivity contribution in [3.63, 3.8) is 0 Å². The monoisotopic (exact) mass is 244 g/mol. The van der Waals surface area contributed by atoms with E-state index in [1.165, 1.54) is 0 Å². The molecule has 3 nitrogen and oxygen atoms in total. The van der Waals surface area contributed by atoms with Crippen LogP contribution in [0.2, 0.25) is 0 Å². The molecule has 0 fully saturated rings. The number of phenols is 1. The zero-order valence-corrected chi connectivity index (χ0v) is 10.3. The Balaban J connectivity index is 2.10. The van der Waals surface area contributed by atoms with E-state index in [1.807, 2.05) is 24.3 Å². The smallest absolute Gasteiger partial charge is 0.306 e. The fraction of sp³-hybridized carbons (Fsp3) is 0.267. The predicted octanol–water partition coefficient (Wildman–Crippen LogP) is 3.04. The number of carbonyl (C=O) groups excluding carboxylic acids is 1. The van der Waals surface area contributed by atoms with E-state index in [2.05, 4.69) is 0 Å². The Morgan fingerprint density at radius 3 is 2.67 bits per heavy atom. The number of hydrogen-bond donors (Lipinski definition) is 1. The van der Waals surface area contributed by atoms with Crippen molar-refractivity contribution in [2.24, 2.45) is 0 Å². The van der Waals surface area contributed by atoms with Crippen LogP contribution in [0, 0.1) is 0 Å². The highest BCUT2D eigenvalue weighted by atomic mass is 16.5. The van der Waals surface area contributed by atoms with Crippen LogP contribution in [0.25, 0.3) is 10.8 Å². The molecule has 0 atom stereocenters. The first-order valence-corrected chi connectivity index (χ1v) is 6.06. The summed E-state index contributed by atoms with van der Waals surface area (Å²) in [6, 6.07) is 11.2. The number of esters is 1. The lowest BCUT2D eigenvalue weighted by molar-refractivity contribution is -0.143. The highest BCUT2D eigenvalue weighted by Gasteiger charge is 2.03. The normalized spacial score (nSPS) is 10.5. The predicted molar refractivity (Wildman–Crippen MR) is 70.6 cm³/mol. The van der Waals surface area contributed by atoms with Gasteiger partial charge in [0.25, 0.3) is 0 Å². The summed E-state index contributed by atoms with van der Waals surface area (Å²) in [5, 5.41) is 11.4. The second-order valence-electron chi connectivity index (χ2n) is 4.17. The van der Waals surface area contributed by atoms with Gasteiger partial charge in [-0.25, -0.2) is 0 Å². The van der Waals surface area contributed by atoms with E-state index in [1.54, 1.807) is 19.1 Å². The molecule has 0 aliphatic rings. The molecule has 0 unspecified atom stereocenters. The molecule has 2 aromatic carbocycles. The van der Waals surface area contributed by atoms with Gasteiger partial charge in [0.1, 0.15) is 5.75 Å². The van der Waals surface area contributed by atoms with E-state index in [4.69, 9.17) is 4.74 Å². The number of aryl methyl sites for hydroxylation is 1. The van der Waals surface area contributed by atoms with Crippen LogP contribution in [0.3, 0.4) is 0 Å². The van der Waals surface area contributed by atoms with Crippen LogP contribution in [0.5, 0.6) is 5.75 Å². The molecule has 18 heavy (non-hydrogen) atoms. The van der Waals surface area contributed by atoms with E-state index in [0.29, 0.717) is 19.4 Å². The Kier molecular flexibility index (Phi) is 3.82. The van der Waals surface area contributed by atoms with Crippen LogP contribution >= 0.6 is 0 Å². The van der Waals surface area contributed by atoms with Crippen LogP contribution in [0.1, 0.15) is 18.9 Å². The van der Waals surface area contributed by atoms with Gasteiger partial charge >= 0.3 is 5.97 Å². The maximum atomic E-state index is 11.3. The van der Waals surface area contributed by atoms with Gasteiger partial charge in [0.15, 0.2) is 0 Å². The van der Waals surface area contributed by atoms with Crippen molar-refractivity contribution in [3.8, 4) is 5.75 Å². The van der Waals surface area contributed by atoms with Crippen LogP contribution in [-0.2, 0) is 16.0 Å². The van der Waals surface area contributed by atoms with Gasteiger partial charge in [-0.2, -0.15) is 0 Å². The molecule has 0 bridgehead atoms. The third-order valence-corrected chi connectivity index (χ3v) is 2.81. The molecule has 0 spiro atoms.